The zero-order chi connectivity index (χ0) is 16.9. The van der Waals surface area contributed by atoms with Gasteiger partial charge in [0.15, 0.2) is 0 Å². The first-order chi connectivity index (χ1) is 11.6. The van der Waals surface area contributed by atoms with Crippen molar-refractivity contribution in [2.75, 3.05) is 23.8 Å². The molecule has 24 heavy (non-hydrogen) atoms. The third-order valence-corrected chi connectivity index (χ3v) is 4.36. The average Bonchev–Trinajstić information content (AvgIpc) is 2.60. The number of amides is 1. The minimum atomic E-state index is -0.00812. The molecule has 1 aliphatic rings. The number of rotatable bonds is 4. The predicted octanol–water partition coefficient (Wildman–Crippen LogP) is 4.50. The summed E-state index contributed by atoms with van der Waals surface area (Å²) in [6.07, 6.45) is 3.14. The van der Waals surface area contributed by atoms with E-state index >= 15 is 0 Å². The van der Waals surface area contributed by atoms with Crippen LogP contribution in [0, 0.1) is 5.92 Å². The molecule has 1 aromatic carbocycles. The van der Waals surface area contributed by atoms with E-state index in [1.54, 1.807) is 30.5 Å². The van der Waals surface area contributed by atoms with Crippen LogP contribution < -0.4 is 10.6 Å². The molecule has 1 saturated heterocycles. The van der Waals surface area contributed by atoms with Crippen molar-refractivity contribution >= 4 is 46.3 Å². The molecule has 3 rings (SSSR count). The van der Waals surface area contributed by atoms with Crippen molar-refractivity contribution in [2.24, 2.45) is 5.92 Å². The minimum Gasteiger partial charge on any atom is -0.381 e. The number of hydrogen-bond acceptors (Lipinski definition) is 4. The van der Waals surface area contributed by atoms with Gasteiger partial charge in [0.1, 0.15) is 5.82 Å². The molecular weight excluding hydrogens is 349 g/mol. The quantitative estimate of drug-likeness (QED) is 0.837. The summed E-state index contributed by atoms with van der Waals surface area (Å²) in [5.41, 5.74) is 1.50. The number of anilines is 3. The molecule has 0 unspecified atom stereocenters. The van der Waals surface area contributed by atoms with Crippen LogP contribution in [0.5, 0.6) is 0 Å². The van der Waals surface area contributed by atoms with Crippen molar-refractivity contribution in [3.63, 3.8) is 0 Å². The lowest BCUT2D eigenvalue weighted by molar-refractivity contribution is -0.122. The maximum Gasteiger partial charge on any atom is 0.228 e. The highest BCUT2D eigenvalue weighted by molar-refractivity contribution is 6.36. The highest BCUT2D eigenvalue weighted by atomic mass is 35.5. The number of carbonyl (C=O) groups is 1. The van der Waals surface area contributed by atoms with Crippen molar-refractivity contribution in [3.05, 3.63) is 46.6 Å². The molecule has 1 fully saturated rings. The normalized spacial score (nSPS) is 15.1. The van der Waals surface area contributed by atoms with E-state index in [2.05, 4.69) is 15.6 Å². The summed E-state index contributed by atoms with van der Waals surface area (Å²) in [6, 6.07) is 8.81. The fourth-order valence-corrected chi connectivity index (χ4v) is 2.93. The van der Waals surface area contributed by atoms with Crippen molar-refractivity contribution < 1.29 is 9.53 Å². The van der Waals surface area contributed by atoms with E-state index in [4.69, 9.17) is 27.9 Å². The predicted molar refractivity (Wildman–Crippen MR) is 96.2 cm³/mol. The van der Waals surface area contributed by atoms with Crippen LogP contribution in [0.1, 0.15) is 12.8 Å². The molecule has 7 heteroatoms. The number of hydrogen-bond donors (Lipinski definition) is 2. The Balaban J connectivity index is 1.61. The minimum absolute atomic E-state index is 0.00717. The van der Waals surface area contributed by atoms with Crippen LogP contribution in [-0.4, -0.2) is 24.1 Å². The zero-order valence-electron chi connectivity index (χ0n) is 12.9. The van der Waals surface area contributed by atoms with Gasteiger partial charge >= 0.3 is 0 Å². The molecule has 0 spiro atoms. The van der Waals surface area contributed by atoms with Gasteiger partial charge in [0.05, 0.1) is 22.6 Å². The fourth-order valence-electron chi connectivity index (χ4n) is 2.48. The van der Waals surface area contributed by atoms with Crippen LogP contribution in [-0.2, 0) is 9.53 Å². The Labute approximate surface area is 150 Å². The number of pyridine rings is 1. The summed E-state index contributed by atoms with van der Waals surface area (Å²) < 4.78 is 5.27. The summed E-state index contributed by atoms with van der Waals surface area (Å²) in [7, 11) is 0. The van der Waals surface area contributed by atoms with Gasteiger partial charge in [-0.15, -0.1) is 0 Å². The Morgan fingerprint density at radius 3 is 2.62 bits per heavy atom. The number of benzene rings is 1. The summed E-state index contributed by atoms with van der Waals surface area (Å²) in [5, 5.41) is 7.11. The molecule has 0 bridgehead atoms. The first kappa shape index (κ1) is 17.0. The molecule has 5 nitrogen and oxygen atoms in total. The van der Waals surface area contributed by atoms with Crippen LogP contribution in [0.25, 0.3) is 0 Å². The third-order valence-electron chi connectivity index (χ3n) is 3.82. The van der Waals surface area contributed by atoms with E-state index in [0.717, 1.165) is 24.2 Å². The lowest BCUT2D eigenvalue weighted by Crippen LogP contribution is -2.28. The van der Waals surface area contributed by atoms with Crippen LogP contribution in [0.2, 0.25) is 10.0 Å². The fraction of sp³-hybridized carbons (Fsp3) is 0.294. The molecule has 0 atom stereocenters. The number of carbonyl (C=O) groups excluding carboxylic acids is 1. The van der Waals surface area contributed by atoms with Gasteiger partial charge < -0.3 is 15.4 Å². The molecule has 1 amide bonds. The number of halogens is 2. The van der Waals surface area contributed by atoms with Gasteiger partial charge in [0.25, 0.3) is 0 Å². The zero-order valence-corrected chi connectivity index (χ0v) is 14.4. The Bertz CT molecular complexity index is 716. The largest absolute Gasteiger partial charge is 0.381 e. The maximum absolute atomic E-state index is 12.2. The second kappa shape index (κ2) is 7.83. The van der Waals surface area contributed by atoms with E-state index in [1.165, 1.54) is 0 Å². The van der Waals surface area contributed by atoms with Crippen molar-refractivity contribution in [1.82, 2.24) is 4.98 Å². The summed E-state index contributed by atoms with van der Waals surface area (Å²) in [5.74, 6) is 0.512. The van der Waals surface area contributed by atoms with Crippen molar-refractivity contribution in [1.29, 1.82) is 0 Å². The van der Waals surface area contributed by atoms with E-state index in [1.807, 2.05) is 6.07 Å². The van der Waals surface area contributed by atoms with Gasteiger partial charge in [-0.1, -0.05) is 23.2 Å². The molecular formula is C17H17Cl2N3O2. The molecule has 0 saturated carbocycles. The Kier molecular flexibility index (Phi) is 5.56. The third kappa shape index (κ3) is 4.38. The molecule has 1 aromatic heterocycles. The van der Waals surface area contributed by atoms with Crippen LogP contribution in [0.15, 0.2) is 36.5 Å². The number of nitrogens with zero attached hydrogens (tertiary/aromatic N) is 1. The smallest absolute Gasteiger partial charge is 0.228 e. The number of ether oxygens (including phenoxy) is 1. The van der Waals surface area contributed by atoms with Gasteiger partial charge in [-0.2, -0.15) is 0 Å². The molecule has 0 aliphatic carbocycles. The van der Waals surface area contributed by atoms with Crippen LogP contribution in [0.3, 0.4) is 0 Å². The van der Waals surface area contributed by atoms with Gasteiger partial charge in [0, 0.05) is 24.2 Å². The first-order valence-corrected chi connectivity index (χ1v) is 8.44. The summed E-state index contributed by atoms with van der Waals surface area (Å²) >= 11 is 12.0. The second-order valence-corrected chi connectivity index (χ2v) is 6.40. The Morgan fingerprint density at radius 1 is 1.17 bits per heavy atom. The van der Waals surface area contributed by atoms with Crippen LogP contribution >= 0.6 is 23.2 Å². The van der Waals surface area contributed by atoms with Crippen molar-refractivity contribution in [3.8, 4) is 0 Å². The lowest BCUT2D eigenvalue weighted by atomic mass is 9.99. The Hall–Kier alpha value is -1.82. The molecule has 2 heterocycles. The highest BCUT2D eigenvalue weighted by Gasteiger charge is 2.21. The molecule has 2 aromatic rings. The molecule has 126 valence electrons. The number of nitrogens with one attached hydrogen (secondary N) is 2. The summed E-state index contributed by atoms with van der Waals surface area (Å²) in [4.78, 5) is 16.4. The molecule has 2 N–H and O–H groups in total. The topological polar surface area (TPSA) is 63.2 Å². The standard InChI is InChI=1S/C17H17Cl2N3O2/c18-12-1-3-15(14(19)9-12)21-13-2-4-16(20-10-13)22-17(23)11-5-7-24-8-6-11/h1-4,9-11,21H,5-8H2,(H,20,22,23). The highest BCUT2D eigenvalue weighted by Crippen LogP contribution is 2.28. The first-order valence-electron chi connectivity index (χ1n) is 7.68. The van der Waals surface area contributed by atoms with Gasteiger partial charge in [0.2, 0.25) is 5.91 Å². The monoisotopic (exact) mass is 365 g/mol. The van der Waals surface area contributed by atoms with Gasteiger partial charge in [-0.25, -0.2) is 4.98 Å². The maximum atomic E-state index is 12.2. The lowest BCUT2D eigenvalue weighted by Gasteiger charge is -2.20. The number of aromatic nitrogens is 1. The van der Waals surface area contributed by atoms with E-state index in [9.17, 15) is 4.79 Å². The van der Waals surface area contributed by atoms with Gasteiger partial charge in [-0.3, -0.25) is 4.79 Å². The van der Waals surface area contributed by atoms with Crippen molar-refractivity contribution in [2.45, 2.75) is 12.8 Å². The van der Waals surface area contributed by atoms with Gasteiger partial charge in [-0.05, 0) is 43.2 Å². The van der Waals surface area contributed by atoms with E-state index < -0.39 is 0 Å². The SMILES string of the molecule is O=C(Nc1ccc(Nc2ccc(Cl)cc2Cl)cn1)C1CCOCC1. The molecule has 1 aliphatic heterocycles. The van der Waals surface area contributed by atoms with E-state index in [-0.39, 0.29) is 11.8 Å². The van der Waals surface area contributed by atoms with E-state index in [0.29, 0.717) is 29.1 Å². The van der Waals surface area contributed by atoms with Crippen LogP contribution in [0.4, 0.5) is 17.2 Å². The average molecular weight is 366 g/mol. The Morgan fingerprint density at radius 2 is 1.96 bits per heavy atom. The molecule has 0 radical (unpaired) electrons. The second-order valence-electron chi connectivity index (χ2n) is 5.56. The summed E-state index contributed by atoms with van der Waals surface area (Å²) in [6.45, 7) is 1.27.